The highest BCUT2D eigenvalue weighted by atomic mass is 16.4. The normalized spacial score (nSPS) is 9.86. The number of benzene rings is 1. The summed E-state index contributed by atoms with van der Waals surface area (Å²) in [7, 11) is 0. The number of furan rings is 1. The van der Waals surface area contributed by atoms with Crippen LogP contribution in [0, 0.1) is 25.2 Å². The van der Waals surface area contributed by atoms with Gasteiger partial charge in [-0.15, -0.1) is 0 Å². The van der Waals surface area contributed by atoms with Crippen LogP contribution in [-0.4, -0.2) is 18.4 Å². The highest BCUT2D eigenvalue weighted by Gasteiger charge is 2.17. The monoisotopic (exact) mass is 297 g/mol. The molecule has 2 rings (SSSR count). The number of hydrogen-bond donors (Lipinski definition) is 2. The van der Waals surface area contributed by atoms with E-state index in [0.717, 1.165) is 0 Å². The van der Waals surface area contributed by atoms with E-state index in [9.17, 15) is 9.59 Å². The third-order valence-electron chi connectivity index (χ3n) is 3.20. The molecule has 22 heavy (non-hydrogen) atoms. The van der Waals surface area contributed by atoms with Crippen LogP contribution in [0.2, 0.25) is 0 Å². The maximum Gasteiger partial charge on any atom is 0.251 e. The first-order chi connectivity index (χ1) is 10.5. The number of aryl methyl sites for hydroxylation is 1. The average molecular weight is 297 g/mol. The molecule has 0 saturated carbocycles. The summed E-state index contributed by atoms with van der Waals surface area (Å²) < 4.78 is 5.33. The Morgan fingerprint density at radius 2 is 1.91 bits per heavy atom. The van der Waals surface area contributed by atoms with Gasteiger partial charge in [-0.05, 0) is 26.0 Å². The second-order valence-electron chi connectivity index (χ2n) is 4.70. The summed E-state index contributed by atoms with van der Waals surface area (Å²) in [5.41, 5.74) is 1.45. The van der Waals surface area contributed by atoms with Crippen LogP contribution in [0.4, 0.5) is 5.88 Å². The van der Waals surface area contributed by atoms with E-state index in [2.05, 4.69) is 10.6 Å². The number of hydrogen-bond acceptors (Lipinski definition) is 4. The molecule has 0 bridgehead atoms. The Morgan fingerprint density at radius 3 is 2.55 bits per heavy atom. The molecule has 1 aromatic carbocycles. The van der Waals surface area contributed by atoms with Gasteiger partial charge in [-0.25, -0.2) is 0 Å². The zero-order valence-electron chi connectivity index (χ0n) is 12.3. The minimum absolute atomic E-state index is 0.108. The van der Waals surface area contributed by atoms with Crippen LogP contribution in [0.25, 0.3) is 0 Å². The van der Waals surface area contributed by atoms with E-state index in [1.165, 1.54) is 0 Å². The lowest BCUT2D eigenvalue weighted by molar-refractivity contribution is -0.115. The van der Waals surface area contributed by atoms with Gasteiger partial charge in [0.25, 0.3) is 5.91 Å². The molecular formula is C16H15N3O3. The first kappa shape index (κ1) is 15.3. The number of nitriles is 1. The highest BCUT2D eigenvalue weighted by molar-refractivity contribution is 5.99. The van der Waals surface area contributed by atoms with E-state index in [4.69, 9.17) is 9.68 Å². The summed E-state index contributed by atoms with van der Waals surface area (Å²) in [6.45, 7) is 3.24. The van der Waals surface area contributed by atoms with E-state index >= 15 is 0 Å². The van der Waals surface area contributed by atoms with Gasteiger partial charge in [-0.3, -0.25) is 14.9 Å². The molecule has 0 unspecified atom stereocenters. The van der Waals surface area contributed by atoms with Crippen molar-refractivity contribution < 1.29 is 14.0 Å². The van der Waals surface area contributed by atoms with Gasteiger partial charge in [0, 0.05) is 11.1 Å². The molecule has 6 nitrogen and oxygen atoms in total. The second kappa shape index (κ2) is 6.59. The topological polar surface area (TPSA) is 95.1 Å². The van der Waals surface area contributed by atoms with Crippen LogP contribution < -0.4 is 10.6 Å². The molecule has 0 fully saturated rings. The quantitative estimate of drug-likeness (QED) is 0.903. The van der Waals surface area contributed by atoms with Crippen molar-refractivity contribution in [2.45, 2.75) is 13.8 Å². The van der Waals surface area contributed by atoms with Crippen LogP contribution in [0.3, 0.4) is 0 Å². The first-order valence-electron chi connectivity index (χ1n) is 6.66. The Labute approximate surface area is 127 Å². The molecule has 0 atom stereocenters. The predicted molar refractivity (Wildman–Crippen MR) is 80.3 cm³/mol. The van der Waals surface area contributed by atoms with Crippen LogP contribution >= 0.6 is 0 Å². The summed E-state index contributed by atoms with van der Waals surface area (Å²) in [6, 6.07) is 10.6. The van der Waals surface area contributed by atoms with Gasteiger partial charge in [-0.2, -0.15) is 5.26 Å². The second-order valence-corrected chi connectivity index (χ2v) is 4.70. The molecule has 112 valence electrons. The van der Waals surface area contributed by atoms with Gasteiger partial charge in [0.05, 0.1) is 6.54 Å². The number of carbonyl (C=O) groups is 2. The molecule has 1 heterocycles. The zero-order chi connectivity index (χ0) is 16.1. The minimum atomic E-state index is -0.463. The highest BCUT2D eigenvalue weighted by Crippen LogP contribution is 2.25. The number of anilines is 1. The van der Waals surface area contributed by atoms with Crippen molar-refractivity contribution in [3.8, 4) is 6.07 Å². The predicted octanol–water partition coefficient (Wildman–Crippen LogP) is 2.14. The third-order valence-corrected chi connectivity index (χ3v) is 3.20. The van der Waals surface area contributed by atoms with Gasteiger partial charge in [-0.1, -0.05) is 18.2 Å². The van der Waals surface area contributed by atoms with E-state index < -0.39 is 5.91 Å². The summed E-state index contributed by atoms with van der Waals surface area (Å²) >= 11 is 0. The SMILES string of the molecule is Cc1oc(NC(=O)CNC(=O)c2ccccc2)c(C#N)c1C. The number of amides is 2. The third kappa shape index (κ3) is 3.33. The smallest absolute Gasteiger partial charge is 0.251 e. The van der Waals surface area contributed by atoms with Gasteiger partial charge in [0.15, 0.2) is 0 Å². The Balaban J connectivity index is 1.96. The summed E-state index contributed by atoms with van der Waals surface area (Å²) in [5, 5.41) is 14.1. The molecule has 2 aromatic rings. The molecule has 0 radical (unpaired) electrons. The van der Waals surface area contributed by atoms with Crippen LogP contribution in [0.5, 0.6) is 0 Å². The van der Waals surface area contributed by atoms with Crippen molar-refractivity contribution in [2.24, 2.45) is 0 Å². The largest absolute Gasteiger partial charge is 0.444 e. The van der Waals surface area contributed by atoms with Crippen molar-refractivity contribution in [2.75, 3.05) is 11.9 Å². The van der Waals surface area contributed by atoms with Gasteiger partial charge >= 0.3 is 0 Å². The maximum absolute atomic E-state index is 11.8. The molecule has 0 aliphatic heterocycles. The van der Waals surface area contributed by atoms with Crippen molar-refractivity contribution in [1.82, 2.24) is 5.32 Å². The summed E-state index contributed by atoms with van der Waals surface area (Å²) in [6.07, 6.45) is 0. The molecule has 2 amide bonds. The fraction of sp³-hybridized carbons (Fsp3) is 0.188. The van der Waals surface area contributed by atoms with E-state index in [1.807, 2.05) is 6.07 Å². The van der Waals surface area contributed by atoms with E-state index in [0.29, 0.717) is 22.5 Å². The maximum atomic E-state index is 11.8. The van der Waals surface area contributed by atoms with Crippen molar-refractivity contribution in [1.29, 1.82) is 5.26 Å². The standard InChI is InChI=1S/C16H15N3O3/c1-10-11(2)22-16(13(10)8-17)19-14(20)9-18-15(21)12-6-4-3-5-7-12/h3-7H,9H2,1-2H3,(H,18,21)(H,19,20). The molecule has 6 heteroatoms. The lowest BCUT2D eigenvalue weighted by Crippen LogP contribution is -2.32. The number of rotatable bonds is 4. The van der Waals surface area contributed by atoms with Crippen LogP contribution in [0.15, 0.2) is 34.7 Å². The van der Waals surface area contributed by atoms with Crippen LogP contribution in [-0.2, 0) is 4.79 Å². The molecule has 0 aliphatic carbocycles. The van der Waals surface area contributed by atoms with Crippen molar-refractivity contribution in [3.05, 3.63) is 52.8 Å². The molecular weight excluding hydrogens is 282 g/mol. The number of nitrogens with one attached hydrogen (secondary N) is 2. The Bertz CT molecular complexity index is 742. The molecule has 1 aromatic heterocycles. The van der Waals surface area contributed by atoms with Crippen LogP contribution in [0.1, 0.15) is 27.2 Å². The van der Waals surface area contributed by atoms with Gasteiger partial charge in [0.1, 0.15) is 17.4 Å². The number of nitrogens with zero attached hydrogens (tertiary/aromatic N) is 1. The Kier molecular flexibility index (Phi) is 4.59. The van der Waals surface area contributed by atoms with Gasteiger partial charge < -0.3 is 9.73 Å². The summed E-state index contributed by atoms with van der Waals surface area (Å²) in [4.78, 5) is 23.7. The Morgan fingerprint density at radius 1 is 1.23 bits per heavy atom. The fourth-order valence-corrected chi connectivity index (χ4v) is 1.87. The molecule has 0 aliphatic rings. The molecule has 2 N–H and O–H groups in total. The van der Waals surface area contributed by atoms with Crippen molar-refractivity contribution >= 4 is 17.7 Å². The molecule has 0 spiro atoms. The first-order valence-corrected chi connectivity index (χ1v) is 6.66. The fourth-order valence-electron chi connectivity index (χ4n) is 1.87. The molecule has 0 saturated heterocycles. The average Bonchev–Trinajstić information content (AvgIpc) is 2.79. The minimum Gasteiger partial charge on any atom is -0.444 e. The lowest BCUT2D eigenvalue weighted by atomic mass is 10.2. The summed E-state index contributed by atoms with van der Waals surface area (Å²) in [5.74, 6) is -0.130. The van der Waals surface area contributed by atoms with E-state index in [1.54, 1.807) is 44.2 Å². The zero-order valence-corrected chi connectivity index (χ0v) is 12.3. The Hall–Kier alpha value is -3.07. The van der Waals surface area contributed by atoms with Crippen molar-refractivity contribution in [3.63, 3.8) is 0 Å². The van der Waals surface area contributed by atoms with Gasteiger partial charge in [0.2, 0.25) is 11.8 Å². The lowest BCUT2D eigenvalue weighted by Gasteiger charge is -2.05. The van der Waals surface area contributed by atoms with E-state index in [-0.39, 0.29) is 18.3 Å². The number of carbonyl (C=O) groups excluding carboxylic acids is 2.